The van der Waals surface area contributed by atoms with E-state index >= 15 is 0 Å². The Labute approximate surface area is 95.3 Å². The third-order valence-corrected chi connectivity index (χ3v) is 3.22. The highest BCUT2D eigenvalue weighted by Gasteiger charge is 2.30. The summed E-state index contributed by atoms with van der Waals surface area (Å²) in [5.74, 6) is 1.55. The van der Waals surface area contributed by atoms with E-state index in [1.165, 1.54) is 25.7 Å². The van der Waals surface area contributed by atoms with E-state index < -0.39 is 0 Å². The molecule has 0 aromatic carbocycles. The Bertz CT molecular complexity index is 249. The van der Waals surface area contributed by atoms with Gasteiger partial charge in [0.2, 0.25) is 0 Å². The molecule has 0 radical (unpaired) electrons. The second kappa shape index (κ2) is 5.04. The van der Waals surface area contributed by atoms with Crippen molar-refractivity contribution >= 4 is 15.9 Å². The van der Waals surface area contributed by atoms with Gasteiger partial charge >= 0.3 is 0 Å². The van der Waals surface area contributed by atoms with Crippen LogP contribution in [0.2, 0.25) is 0 Å². The Kier molecular flexibility index (Phi) is 4.28. The van der Waals surface area contributed by atoms with Gasteiger partial charge < -0.3 is 4.74 Å². The van der Waals surface area contributed by atoms with E-state index in [2.05, 4.69) is 35.5 Å². The molecule has 0 aromatic heterocycles. The molecular formula is C12H19BrO. The molecule has 1 fully saturated rings. The minimum Gasteiger partial charge on any atom is -0.493 e. The number of allylic oxidation sites excluding steroid dienone is 1. The first-order chi connectivity index (χ1) is 6.59. The average molecular weight is 259 g/mol. The van der Waals surface area contributed by atoms with E-state index in [0.29, 0.717) is 11.3 Å². The van der Waals surface area contributed by atoms with Gasteiger partial charge in [-0.25, -0.2) is 0 Å². The lowest BCUT2D eigenvalue weighted by Gasteiger charge is -2.35. The van der Waals surface area contributed by atoms with Gasteiger partial charge in [0.1, 0.15) is 5.76 Å². The molecule has 1 rings (SSSR count). The van der Waals surface area contributed by atoms with Gasteiger partial charge in [-0.1, -0.05) is 41.9 Å². The van der Waals surface area contributed by atoms with Gasteiger partial charge in [-0.05, 0) is 24.7 Å². The zero-order valence-electron chi connectivity index (χ0n) is 9.27. The summed E-state index contributed by atoms with van der Waals surface area (Å²) >= 11 is 3.25. The van der Waals surface area contributed by atoms with Crippen LogP contribution in [0.15, 0.2) is 16.5 Å². The van der Waals surface area contributed by atoms with Crippen LogP contribution >= 0.6 is 15.9 Å². The molecule has 1 aliphatic carbocycles. The van der Waals surface area contributed by atoms with Crippen molar-refractivity contribution in [1.82, 2.24) is 0 Å². The highest BCUT2D eigenvalue weighted by Crippen LogP contribution is 2.41. The van der Waals surface area contributed by atoms with Gasteiger partial charge in [-0.2, -0.15) is 0 Å². The van der Waals surface area contributed by atoms with Crippen LogP contribution < -0.4 is 0 Å². The number of hydrogen-bond acceptors (Lipinski definition) is 1. The maximum atomic E-state index is 5.37. The molecule has 0 N–H and O–H groups in total. The highest BCUT2D eigenvalue weighted by atomic mass is 79.9. The smallest absolute Gasteiger partial charge is 0.141 e. The second-order valence-electron chi connectivity index (χ2n) is 4.78. The van der Waals surface area contributed by atoms with E-state index in [0.717, 1.165) is 5.76 Å². The molecule has 1 saturated carbocycles. The van der Waals surface area contributed by atoms with Crippen LogP contribution in [0.25, 0.3) is 0 Å². The van der Waals surface area contributed by atoms with Crippen LogP contribution in [0.1, 0.15) is 39.5 Å². The lowest BCUT2D eigenvalue weighted by Crippen LogP contribution is -2.24. The van der Waals surface area contributed by atoms with Gasteiger partial charge in [0.05, 0.1) is 7.11 Å². The lowest BCUT2D eigenvalue weighted by atomic mass is 9.72. The summed E-state index contributed by atoms with van der Waals surface area (Å²) < 4.78 is 5.37. The summed E-state index contributed by atoms with van der Waals surface area (Å²) in [5.41, 5.74) is 3.58. The van der Waals surface area contributed by atoms with Gasteiger partial charge in [-0.15, -0.1) is 0 Å². The van der Waals surface area contributed by atoms with Gasteiger partial charge in [0.25, 0.3) is 0 Å². The Hall–Kier alpha value is -0.200. The third kappa shape index (κ3) is 3.18. The minimum absolute atomic E-state index is 0.459. The summed E-state index contributed by atoms with van der Waals surface area (Å²) in [6, 6.07) is 0. The zero-order chi connectivity index (χ0) is 10.6. The van der Waals surface area contributed by atoms with E-state index in [9.17, 15) is 0 Å². The molecule has 1 unspecified atom stereocenters. The number of halogens is 1. The molecule has 0 amide bonds. The van der Waals surface area contributed by atoms with Gasteiger partial charge in [-0.3, -0.25) is 0 Å². The van der Waals surface area contributed by atoms with Crippen molar-refractivity contribution in [1.29, 1.82) is 0 Å². The predicted molar refractivity (Wildman–Crippen MR) is 63.3 cm³/mol. The molecule has 0 aromatic rings. The lowest BCUT2D eigenvalue weighted by molar-refractivity contribution is 0.145. The minimum atomic E-state index is 0.459. The van der Waals surface area contributed by atoms with Crippen LogP contribution in [0.4, 0.5) is 0 Å². The summed E-state index contributed by atoms with van der Waals surface area (Å²) in [4.78, 5) is 1.76. The molecule has 0 bridgehead atoms. The molecule has 14 heavy (non-hydrogen) atoms. The van der Waals surface area contributed by atoms with Crippen molar-refractivity contribution in [3.63, 3.8) is 0 Å². The fourth-order valence-electron chi connectivity index (χ4n) is 2.32. The van der Waals surface area contributed by atoms with E-state index in [-0.39, 0.29) is 0 Å². The summed E-state index contributed by atoms with van der Waals surface area (Å²) in [5, 5.41) is 0. The van der Waals surface area contributed by atoms with Crippen LogP contribution in [0.3, 0.4) is 0 Å². The van der Waals surface area contributed by atoms with Crippen LogP contribution in [-0.2, 0) is 4.74 Å². The summed E-state index contributed by atoms with van der Waals surface area (Å²) in [6.07, 6.45) is 5.08. The van der Waals surface area contributed by atoms with Crippen molar-refractivity contribution in [3.05, 3.63) is 16.5 Å². The molecular weight excluding hydrogens is 240 g/mol. The zero-order valence-corrected chi connectivity index (χ0v) is 10.9. The first-order valence-corrected chi connectivity index (χ1v) is 6.10. The monoisotopic (exact) mass is 258 g/mol. The largest absolute Gasteiger partial charge is 0.493 e. The molecule has 0 saturated heterocycles. The molecule has 0 heterocycles. The highest BCUT2D eigenvalue weighted by molar-refractivity contribution is 9.11. The van der Waals surface area contributed by atoms with Crippen LogP contribution in [-0.4, -0.2) is 7.11 Å². The number of methoxy groups -OCH3 is 1. The van der Waals surface area contributed by atoms with E-state index in [1.807, 2.05) is 0 Å². The number of rotatable bonds is 2. The molecule has 1 aliphatic rings. The van der Waals surface area contributed by atoms with E-state index in [4.69, 9.17) is 4.74 Å². The van der Waals surface area contributed by atoms with E-state index in [1.54, 1.807) is 12.1 Å². The first kappa shape index (κ1) is 11.9. The molecule has 1 nitrogen and oxygen atoms in total. The maximum Gasteiger partial charge on any atom is 0.141 e. The number of hydrogen-bond donors (Lipinski definition) is 0. The molecule has 80 valence electrons. The van der Waals surface area contributed by atoms with Crippen molar-refractivity contribution < 1.29 is 4.74 Å². The summed E-state index contributed by atoms with van der Waals surface area (Å²) in [6.45, 7) is 4.68. The Balaban J connectivity index is 2.73. The fourth-order valence-corrected chi connectivity index (χ4v) is 2.54. The normalized spacial score (nSPS) is 25.0. The molecule has 2 heteroatoms. The maximum absolute atomic E-state index is 5.37. The quantitative estimate of drug-likeness (QED) is 0.532. The Morgan fingerprint density at radius 1 is 1.57 bits per heavy atom. The van der Waals surface area contributed by atoms with Crippen molar-refractivity contribution in [2.24, 2.45) is 11.3 Å². The molecule has 0 spiro atoms. The average Bonchev–Trinajstić information content (AvgIpc) is 2.12. The standard InChI is InChI=1S/C12H19BrO/c1-12(2)7-4-5-10(9-12)11(14-3)6-8-13/h8,10H,4-5,7,9H2,1-3H3. The number of ether oxygens (including phenoxy) is 1. The third-order valence-electron chi connectivity index (χ3n) is 2.99. The van der Waals surface area contributed by atoms with Crippen LogP contribution in [0.5, 0.6) is 0 Å². The van der Waals surface area contributed by atoms with Crippen molar-refractivity contribution in [3.8, 4) is 0 Å². The van der Waals surface area contributed by atoms with Gasteiger partial charge in [0.15, 0.2) is 0 Å². The van der Waals surface area contributed by atoms with Crippen molar-refractivity contribution in [2.75, 3.05) is 7.11 Å². The Morgan fingerprint density at radius 2 is 2.29 bits per heavy atom. The second-order valence-corrected chi connectivity index (χ2v) is 5.24. The SMILES string of the molecule is COC(=C=CBr)C1CCCC(C)(C)C1. The first-order valence-electron chi connectivity index (χ1n) is 5.18. The van der Waals surface area contributed by atoms with Gasteiger partial charge in [0, 0.05) is 10.9 Å². The fraction of sp³-hybridized carbons (Fsp3) is 0.750. The summed E-state index contributed by atoms with van der Waals surface area (Å²) in [7, 11) is 1.74. The molecule has 0 aliphatic heterocycles. The predicted octanol–water partition coefficient (Wildman–Crippen LogP) is 4.24. The van der Waals surface area contributed by atoms with Crippen LogP contribution in [0, 0.1) is 11.3 Å². The van der Waals surface area contributed by atoms with Crippen molar-refractivity contribution in [2.45, 2.75) is 39.5 Å². The topological polar surface area (TPSA) is 9.23 Å². The Morgan fingerprint density at radius 3 is 2.79 bits per heavy atom. The molecule has 1 atom stereocenters.